The van der Waals surface area contributed by atoms with Gasteiger partial charge in [0.15, 0.2) is 0 Å². The number of nitrogens with one attached hydrogen (secondary N) is 3. The van der Waals surface area contributed by atoms with Crippen LogP contribution in [-0.4, -0.2) is 25.7 Å². The zero-order chi connectivity index (χ0) is 20.2. The minimum atomic E-state index is -0.652. The van der Waals surface area contributed by atoms with Crippen LogP contribution in [0.15, 0.2) is 82.4 Å². The molecule has 1 amide bonds. The van der Waals surface area contributed by atoms with E-state index in [0.717, 1.165) is 11.3 Å². The van der Waals surface area contributed by atoms with Gasteiger partial charge in [-0.1, -0.05) is 48.5 Å². The zero-order valence-electron chi connectivity index (χ0n) is 15.3. The molecule has 2 heterocycles. The third-order valence-electron chi connectivity index (χ3n) is 4.21. The molecule has 0 saturated heterocycles. The minimum Gasteiger partial charge on any atom is -0.311 e. The molecule has 3 N–H and O–H groups in total. The molecule has 0 fully saturated rings. The van der Waals surface area contributed by atoms with Gasteiger partial charge in [0.25, 0.3) is 5.56 Å². The van der Waals surface area contributed by atoms with Gasteiger partial charge in [-0.3, -0.25) is 14.6 Å². The number of anilines is 1. The van der Waals surface area contributed by atoms with Crippen LogP contribution in [0, 0.1) is 0 Å². The molecule has 0 aliphatic heterocycles. The van der Waals surface area contributed by atoms with Gasteiger partial charge in [0.1, 0.15) is 5.82 Å². The molecule has 29 heavy (non-hydrogen) atoms. The minimum absolute atomic E-state index is 0.153. The van der Waals surface area contributed by atoms with E-state index in [4.69, 9.17) is 0 Å². The Labute approximate surface area is 164 Å². The Morgan fingerprint density at radius 2 is 1.62 bits per heavy atom. The van der Waals surface area contributed by atoms with Crippen LogP contribution in [0.5, 0.6) is 0 Å². The number of hydrogen-bond acceptors (Lipinski definition) is 4. The Morgan fingerprint density at radius 1 is 0.931 bits per heavy atom. The van der Waals surface area contributed by atoms with Gasteiger partial charge in [-0.2, -0.15) is 5.10 Å². The second-order valence-corrected chi connectivity index (χ2v) is 6.37. The summed E-state index contributed by atoms with van der Waals surface area (Å²) in [6, 6.07) is 22.0. The first kappa shape index (κ1) is 18.2. The van der Waals surface area contributed by atoms with Crippen molar-refractivity contribution in [2.45, 2.75) is 6.42 Å². The molecule has 2 aromatic heterocycles. The first-order valence-corrected chi connectivity index (χ1v) is 8.92. The number of H-pyrrole nitrogens is 2. The molecular formula is C21H17N5O3. The molecule has 0 saturated carbocycles. The molecule has 144 valence electrons. The van der Waals surface area contributed by atoms with Crippen LogP contribution in [0.4, 0.5) is 5.82 Å². The number of benzene rings is 2. The van der Waals surface area contributed by atoms with Crippen LogP contribution in [0.3, 0.4) is 0 Å². The Bertz CT molecular complexity index is 1230. The van der Waals surface area contributed by atoms with Crippen LogP contribution in [0.2, 0.25) is 0 Å². The molecule has 0 spiro atoms. The van der Waals surface area contributed by atoms with E-state index in [-0.39, 0.29) is 18.0 Å². The van der Waals surface area contributed by atoms with Crippen LogP contribution in [-0.2, 0) is 11.2 Å². The number of carbonyl (C=O) groups excluding carboxylic acids is 1. The van der Waals surface area contributed by atoms with Gasteiger partial charge >= 0.3 is 5.69 Å². The highest BCUT2D eigenvalue weighted by Crippen LogP contribution is 2.24. The van der Waals surface area contributed by atoms with Crippen molar-refractivity contribution in [1.29, 1.82) is 0 Å². The van der Waals surface area contributed by atoms with E-state index in [9.17, 15) is 14.4 Å². The predicted molar refractivity (Wildman–Crippen MR) is 109 cm³/mol. The smallest absolute Gasteiger partial charge is 0.311 e. The predicted octanol–water partition coefficient (Wildman–Crippen LogP) is 2.10. The molecule has 8 nitrogen and oxygen atoms in total. The molecule has 0 unspecified atom stereocenters. The van der Waals surface area contributed by atoms with Gasteiger partial charge in [0, 0.05) is 23.4 Å². The van der Waals surface area contributed by atoms with Crippen molar-refractivity contribution < 1.29 is 4.79 Å². The van der Waals surface area contributed by atoms with Crippen molar-refractivity contribution in [1.82, 2.24) is 19.7 Å². The van der Waals surface area contributed by atoms with E-state index < -0.39 is 11.2 Å². The van der Waals surface area contributed by atoms with E-state index in [0.29, 0.717) is 11.5 Å². The number of aromatic amines is 2. The standard InChI is InChI=1S/C21H17N5O3/c27-19(11-15-12-20(28)24-21(29)22-15)23-18-13-17(14-7-3-1-4-8-14)25-26(18)16-9-5-2-6-10-16/h1-10,12-13H,11H2,(H,23,27)(H2,22,24,28,29). The van der Waals surface area contributed by atoms with E-state index in [1.807, 2.05) is 60.7 Å². The second-order valence-electron chi connectivity index (χ2n) is 6.37. The average Bonchev–Trinajstić information content (AvgIpc) is 3.12. The molecule has 8 heteroatoms. The fourth-order valence-electron chi connectivity index (χ4n) is 2.96. The van der Waals surface area contributed by atoms with Gasteiger partial charge in [0.2, 0.25) is 5.91 Å². The van der Waals surface area contributed by atoms with Crippen molar-refractivity contribution in [3.63, 3.8) is 0 Å². The first-order valence-electron chi connectivity index (χ1n) is 8.92. The highest BCUT2D eigenvalue weighted by Gasteiger charge is 2.14. The Balaban J connectivity index is 1.66. The van der Waals surface area contributed by atoms with Crippen LogP contribution < -0.4 is 16.6 Å². The van der Waals surface area contributed by atoms with Crippen molar-refractivity contribution >= 4 is 11.7 Å². The molecule has 0 bridgehead atoms. The van der Waals surface area contributed by atoms with E-state index in [1.165, 1.54) is 6.07 Å². The normalized spacial score (nSPS) is 10.6. The number of amides is 1. The Morgan fingerprint density at radius 3 is 2.31 bits per heavy atom. The van der Waals surface area contributed by atoms with Crippen LogP contribution in [0.1, 0.15) is 5.69 Å². The number of nitrogens with zero attached hydrogens (tertiary/aromatic N) is 2. The quantitative estimate of drug-likeness (QED) is 0.487. The van der Waals surface area contributed by atoms with Crippen molar-refractivity contribution in [2.75, 3.05) is 5.32 Å². The SMILES string of the molecule is O=C(Cc1cc(=O)[nH]c(=O)[nH]1)Nc1cc(-c2ccccc2)nn1-c1ccccc1. The Hall–Kier alpha value is -4.20. The highest BCUT2D eigenvalue weighted by atomic mass is 16.2. The number of rotatable bonds is 5. The molecular weight excluding hydrogens is 370 g/mol. The topological polar surface area (TPSA) is 113 Å². The molecule has 4 rings (SSSR count). The summed E-state index contributed by atoms with van der Waals surface area (Å²) in [7, 11) is 0. The maximum absolute atomic E-state index is 12.5. The molecule has 4 aromatic rings. The fraction of sp³-hybridized carbons (Fsp3) is 0.0476. The van der Waals surface area contributed by atoms with E-state index in [1.54, 1.807) is 10.7 Å². The second kappa shape index (κ2) is 7.81. The van der Waals surface area contributed by atoms with Crippen LogP contribution in [0.25, 0.3) is 16.9 Å². The maximum atomic E-state index is 12.5. The summed E-state index contributed by atoms with van der Waals surface area (Å²) in [5, 5.41) is 7.44. The van der Waals surface area contributed by atoms with Crippen molar-refractivity contribution in [3.05, 3.63) is 99.3 Å². The van der Waals surface area contributed by atoms with Crippen molar-refractivity contribution in [3.8, 4) is 16.9 Å². The summed E-state index contributed by atoms with van der Waals surface area (Å²) in [5.74, 6) is 0.0928. The summed E-state index contributed by atoms with van der Waals surface area (Å²) in [5.41, 5.74) is 1.42. The fourth-order valence-corrected chi connectivity index (χ4v) is 2.96. The lowest BCUT2D eigenvalue weighted by Gasteiger charge is -2.08. The largest absolute Gasteiger partial charge is 0.325 e. The molecule has 0 radical (unpaired) electrons. The lowest BCUT2D eigenvalue weighted by Crippen LogP contribution is -2.25. The van der Waals surface area contributed by atoms with Gasteiger partial charge in [-0.15, -0.1) is 0 Å². The number of aromatic nitrogens is 4. The highest BCUT2D eigenvalue weighted by molar-refractivity contribution is 5.92. The first-order chi connectivity index (χ1) is 14.1. The van der Waals surface area contributed by atoms with Crippen LogP contribution >= 0.6 is 0 Å². The summed E-state index contributed by atoms with van der Waals surface area (Å²) in [4.78, 5) is 39.9. The van der Waals surface area contributed by atoms with E-state index in [2.05, 4.69) is 20.4 Å². The number of para-hydroxylation sites is 1. The van der Waals surface area contributed by atoms with E-state index >= 15 is 0 Å². The van der Waals surface area contributed by atoms with Gasteiger partial charge in [-0.25, -0.2) is 9.48 Å². The van der Waals surface area contributed by atoms with Gasteiger partial charge < -0.3 is 10.3 Å². The van der Waals surface area contributed by atoms with Gasteiger partial charge in [-0.05, 0) is 12.1 Å². The molecule has 0 atom stereocenters. The summed E-state index contributed by atoms with van der Waals surface area (Å²) < 4.78 is 1.64. The lowest BCUT2D eigenvalue weighted by molar-refractivity contribution is -0.115. The lowest BCUT2D eigenvalue weighted by atomic mass is 10.1. The average molecular weight is 387 g/mol. The third kappa shape index (κ3) is 4.22. The monoisotopic (exact) mass is 387 g/mol. The number of hydrogen-bond donors (Lipinski definition) is 3. The third-order valence-corrected chi connectivity index (χ3v) is 4.21. The summed E-state index contributed by atoms with van der Waals surface area (Å²) >= 11 is 0. The van der Waals surface area contributed by atoms with Crippen molar-refractivity contribution in [2.24, 2.45) is 0 Å². The zero-order valence-corrected chi connectivity index (χ0v) is 15.3. The number of carbonyl (C=O) groups is 1. The molecule has 0 aliphatic rings. The molecule has 0 aliphatic carbocycles. The maximum Gasteiger partial charge on any atom is 0.325 e. The Kier molecular flexibility index (Phi) is 4.90. The summed E-state index contributed by atoms with van der Waals surface area (Å²) in [6.45, 7) is 0. The summed E-state index contributed by atoms with van der Waals surface area (Å²) in [6.07, 6.45) is -0.153. The van der Waals surface area contributed by atoms with Gasteiger partial charge in [0.05, 0.1) is 17.8 Å². The molecule has 2 aromatic carbocycles.